The first kappa shape index (κ1) is 17.3. The summed E-state index contributed by atoms with van der Waals surface area (Å²) < 4.78 is 10.9. The number of nitrogen functional groups attached to an aromatic ring is 1. The van der Waals surface area contributed by atoms with E-state index in [1.165, 1.54) is 0 Å². The molecule has 0 aliphatic carbocycles. The van der Waals surface area contributed by atoms with E-state index in [4.69, 9.17) is 15.0 Å². The van der Waals surface area contributed by atoms with Gasteiger partial charge in [0.15, 0.2) is 5.82 Å². The van der Waals surface area contributed by atoms with Crippen molar-refractivity contribution in [2.75, 3.05) is 25.4 Å². The lowest BCUT2D eigenvalue weighted by molar-refractivity contribution is -0.139. The van der Waals surface area contributed by atoms with Crippen molar-refractivity contribution < 1.29 is 14.1 Å². The maximum absolute atomic E-state index is 12.5. The number of aryl methyl sites for hydroxylation is 1. The summed E-state index contributed by atoms with van der Waals surface area (Å²) in [5.41, 5.74) is 6.47. The highest BCUT2D eigenvalue weighted by Crippen LogP contribution is 2.22. The molecule has 0 spiro atoms. The molecule has 1 amide bonds. The Labute approximate surface area is 146 Å². The van der Waals surface area contributed by atoms with Crippen molar-refractivity contribution in [3.8, 4) is 0 Å². The summed E-state index contributed by atoms with van der Waals surface area (Å²) in [6, 6.07) is 5.43. The van der Waals surface area contributed by atoms with E-state index in [0.29, 0.717) is 50.1 Å². The van der Waals surface area contributed by atoms with Gasteiger partial charge in [-0.1, -0.05) is 25.1 Å². The van der Waals surface area contributed by atoms with Crippen LogP contribution in [0.2, 0.25) is 0 Å². The number of rotatable bonds is 5. The third-order valence-corrected chi connectivity index (χ3v) is 4.09. The molecule has 134 valence electrons. The number of anilines is 1. The first-order valence-electron chi connectivity index (χ1n) is 8.47. The molecule has 1 fully saturated rings. The molecule has 0 bridgehead atoms. The second-order valence-corrected chi connectivity index (χ2v) is 6.39. The van der Waals surface area contributed by atoms with Crippen LogP contribution in [0.4, 0.5) is 5.82 Å². The molecule has 1 unspecified atom stereocenters. The Hall–Kier alpha value is -2.48. The molecule has 8 heteroatoms. The highest BCUT2D eigenvalue weighted by molar-refractivity contribution is 5.76. The molecular weight excluding hydrogens is 322 g/mol. The van der Waals surface area contributed by atoms with Crippen LogP contribution in [0.1, 0.15) is 49.7 Å². The SMILES string of the molecule is CC(C)c1noc(CCC(=O)N2CCOC(c3cccc(N)n3)C2)n1. The molecule has 2 aromatic heterocycles. The van der Waals surface area contributed by atoms with E-state index < -0.39 is 0 Å². The van der Waals surface area contributed by atoms with Crippen molar-refractivity contribution in [3.05, 3.63) is 35.6 Å². The molecule has 1 aliphatic heterocycles. The monoisotopic (exact) mass is 345 g/mol. The molecule has 2 N–H and O–H groups in total. The highest BCUT2D eigenvalue weighted by Gasteiger charge is 2.26. The minimum absolute atomic E-state index is 0.0431. The number of pyridine rings is 1. The Morgan fingerprint density at radius 3 is 2.96 bits per heavy atom. The van der Waals surface area contributed by atoms with Crippen LogP contribution >= 0.6 is 0 Å². The van der Waals surface area contributed by atoms with Gasteiger partial charge < -0.3 is 19.9 Å². The van der Waals surface area contributed by atoms with Crippen molar-refractivity contribution in [2.45, 2.75) is 38.7 Å². The quantitative estimate of drug-likeness (QED) is 0.878. The molecule has 25 heavy (non-hydrogen) atoms. The summed E-state index contributed by atoms with van der Waals surface area (Å²) in [4.78, 5) is 22.9. The van der Waals surface area contributed by atoms with Gasteiger partial charge in [-0.3, -0.25) is 4.79 Å². The Morgan fingerprint density at radius 1 is 1.40 bits per heavy atom. The van der Waals surface area contributed by atoms with Crippen LogP contribution < -0.4 is 5.73 Å². The summed E-state index contributed by atoms with van der Waals surface area (Å²) >= 11 is 0. The third kappa shape index (κ3) is 4.33. The molecule has 3 rings (SSSR count). The number of hydrogen-bond donors (Lipinski definition) is 1. The van der Waals surface area contributed by atoms with Gasteiger partial charge in [-0.15, -0.1) is 0 Å². The predicted octanol–water partition coefficient (Wildman–Crippen LogP) is 1.70. The molecule has 0 saturated carbocycles. The van der Waals surface area contributed by atoms with E-state index >= 15 is 0 Å². The van der Waals surface area contributed by atoms with E-state index in [2.05, 4.69) is 15.1 Å². The molecule has 0 aromatic carbocycles. The molecule has 3 heterocycles. The van der Waals surface area contributed by atoms with Crippen LogP contribution in [-0.4, -0.2) is 45.6 Å². The smallest absolute Gasteiger partial charge is 0.227 e. The fraction of sp³-hybridized carbons (Fsp3) is 0.529. The highest BCUT2D eigenvalue weighted by atomic mass is 16.5. The van der Waals surface area contributed by atoms with Crippen LogP contribution in [0.25, 0.3) is 0 Å². The maximum atomic E-state index is 12.5. The van der Waals surface area contributed by atoms with Gasteiger partial charge in [0.05, 0.1) is 18.8 Å². The number of amides is 1. The second-order valence-electron chi connectivity index (χ2n) is 6.39. The van der Waals surface area contributed by atoms with Crippen molar-refractivity contribution in [3.63, 3.8) is 0 Å². The standard InChI is InChI=1S/C17H23N5O3/c1-11(2)17-20-15(25-21-17)6-7-16(23)22-8-9-24-13(10-22)12-4-3-5-14(18)19-12/h3-5,11,13H,6-10H2,1-2H3,(H2,18,19). The predicted molar refractivity (Wildman–Crippen MR) is 90.6 cm³/mol. The van der Waals surface area contributed by atoms with Gasteiger partial charge in [0.1, 0.15) is 11.9 Å². The molecule has 1 atom stereocenters. The second kappa shape index (κ2) is 7.60. The first-order chi connectivity index (χ1) is 12.0. The first-order valence-corrected chi connectivity index (χ1v) is 8.47. The van der Waals surface area contributed by atoms with Crippen molar-refractivity contribution >= 4 is 11.7 Å². The van der Waals surface area contributed by atoms with Gasteiger partial charge in [-0.25, -0.2) is 4.98 Å². The number of carbonyl (C=O) groups is 1. The molecule has 1 saturated heterocycles. The van der Waals surface area contributed by atoms with Crippen LogP contribution in [-0.2, 0) is 16.0 Å². The van der Waals surface area contributed by atoms with Crippen molar-refractivity contribution in [2.24, 2.45) is 0 Å². The summed E-state index contributed by atoms with van der Waals surface area (Å²) in [5, 5.41) is 3.92. The number of nitrogens with two attached hydrogens (primary N) is 1. The zero-order valence-electron chi connectivity index (χ0n) is 14.5. The lowest BCUT2D eigenvalue weighted by Gasteiger charge is -2.32. The number of nitrogens with zero attached hydrogens (tertiary/aromatic N) is 4. The van der Waals surface area contributed by atoms with E-state index in [1.807, 2.05) is 26.0 Å². The molecule has 2 aromatic rings. The molecule has 8 nitrogen and oxygen atoms in total. The lowest BCUT2D eigenvalue weighted by Crippen LogP contribution is -2.42. The van der Waals surface area contributed by atoms with Gasteiger partial charge in [0, 0.05) is 25.3 Å². The summed E-state index contributed by atoms with van der Waals surface area (Å²) in [6.45, 7) is 5.51. The fourth-order valence-corrected chi connectivity index (χ4v) is 2.68. The number of morpholine rings is 1. The lowest BCUT2D eigenvalue weighted by atomic mass is 10.1. The third-order valence-electron chi connectivity index (χ3n) is 4.09. The van der Waals surface area contributed by atoms with Gasteiger partial charge in [0.2, 0.25) is 11.8 Å². The van der Waals surface area contributed by atoms with Crippen LogP contribution in [0.3, 0.4) is 0 Å². The number of carbonyl (C=O) groups excluding carboxylic acids is 1. The largest absolute Gasteiger partial charge is 0.384 e. The van der Waals surface area contributed by atoms with E-state index in [1.54, 1.807) is 11.0 Å². The normalized spacial score (nSPS) is 17.9. The van der Waals surface area contributed by atoms with Crippen molar-refractivity contribution in [1.29, 1.82) is 0 Å². The fourth-order valence-electron chi connectivity index (χ4n) is 2.68. The Bertz CT molecular complexity index is 731. The Kier molecular flexibility index (Phi) is 5.28. The average molecular weight is 345 g/mol. The van der Waals surface area contributed by atoms with E-state index in [0.717, 1.165) is 5.69 Å². The van der Waals surface area contributed by atoms with Crippen LogP contribution in [0, 0.1) is 0 Å². The van der Waals surface area contributed by atoms with Gasteiger partial charge in [-0.05, 0) is 12.1 Å². The molecule has 0 radical (unpaired) electrons. The van der Waals surface area contributed by atoms with E-state index in [9.17, 15) is 4.79 Å². The van der Waals surface area contributed by atoms with Gasteiger partial charge in [-0.2, -0.15) is 4.98 Å². The minimum Gasteiger partial charge on any atom is -0.384 e. The average Bonchev–Trinajstić information content (AvgIpc) is 3.09. The van der Waals surface area contributed by atoms with Gasteiger partial charge >= 0.3 is 0 Å². The zero-order chi connectivity index (χ0) is 17.8. The van der Waals surface area contributed by atoms with Crippen LogP contribution in [0.15, 0.2) is 22.7 Å². The van der Waals surface area contributed by atoms with Gasteiger partial charge in [0.25, 0.3) is 0 Å². The molecule has 1 aliphatic rings. The maximum Gasteiger partial charge on any atom is 0.227 e. The summed E-state index contributed by atoms with van der Waals surface area (Å²) in [5.74, 6) is 1.86. The minimum atomic E-state index is -0.253. The molecular formula is C17H23N5O3. The number of hydrogen-bond acceptors (Lipinski definition) is 7. The Balaban J connectivity index is 1.56. The summed E-state index contributed by atoms with van der Waals surface area (Å²) in [7, 11) is 0. The Morgan fingerprint density at radius 2 is 2.24 bits per heavy atom. The topological polar surface area (TPSA) is 107 Å². The van der Waals surface area contributed by atoms with E-state index in [-0.39, 0.29) is 17.9 Å². The number of aromatic nitrogens is 3. The van der Waals surface area contributed by atoms with Crippen LogP contribution in [0.5, 0.6) is 0 Å². The zero-order valence-corrected chi connectivity index (χ0v) is 14.5. The summed E-state index contributed by atoms with van der Waals surface area (Å²) in [6.07, 6.45) is 0.519. The van der Waals surface area contributed by atoms with Crippen molar-refractivity contribution in [1.82, 2.24) is 20.0 Å². The number of ether oxygens (including phenoxy) is 1.